The summed E-state index contributed by atoms with van der Waals surface area (Å²) in [7, 11) is -3.42. The maximum absolute atomic E-state index is 12.7. The van der Waals surface area contributed by atoms with Crippen molar-refractivity contribution >= 4 is 15.9 Å². The van der Waals surface area contributed by atoms with E-state index in [1.54, 1.807) is 17.6 Å². The van der Waals surface area contributed by atoms with Gasteiger partial charge in [-0.1, -0.05) is 60.7 Å². The Labute approximate surface area is 159 Å². The van der Waals surface area contributed by atoms with Crippen LogP contribution in [0.2, 0.25) is 0 Å². The van der Waals surface area contributed by atoms with E-state index in [9.17, 15) is 13.2 Å². The summed E-state index contributed by atoms with van der Waals surface area (Å²) in [5.41, 5.74) is 3.23. The van der Waals surface area contributed by atoms with E-state index in [4.69, 9.17) is 5.21 Å². The van der Waals surface area contributed by atoms with Crippen LogP contribution in [0.15, 0.2) is 60.7 Å². The molecule has 8 heteroatoms. The normalized spacial score (nSPS) is 17.4. The number of hydroxylamine groups is 1. The number of hydrogen-bond donors (Lipinski definition) is 2. The highest BCUT2D eigenvalue weighted by Gasteiger charge is 2.33. The number of hydrogen-bond acceptors (Lipinski definition) is 5. The molecule has 2 aromatic carbocycles. The van der Waals surface area contributed by atoms with Crippen LogP contribution < -0.4 is 5.48 Å². The van der Waals surface area contributed by atoms with E-state index in [1.807, 2.05) is 53.4 Å². The summed E-state index contributed by atoms with van der Waals surface area (Å²) in [6, 6.07) is 17.6. The minimum atomic E-state index is -3.42. The third-order valence-corrected chi connectivity index (χ3v) is 6.55. The predicted octanol–water partition coefficient (Wildman–Crippen LogP) is 1.38. The van der Waals surface area contributed by atoms with E-state index in [-0.39, 0.29) is 5.75 Å². The van der Waals surface area contributed by atoms with Crippen LogP contribution in [0.1, 0.15) is 17.2 Å². The number of piperazine rings is 1. The molecule has 0 aliphatic carbocycles. The maximum Gasteiger partial charge on any atom is 0.265 e. The molecule has 1 amide bonds. The van der Waals surface area contributed by atoms with Crippen LogP contribution in [0.4, 0.5) is 0 Å². The Hall–Kier alpha value is -2.26. The van der Waals surface area contributed by atoms with Crippen LogP contribution in [-0.4, -0.2) is 54.9 Å². The van der Waals surface area contributed by atoms with Gasteiger partial charge in [-0.25, -0.2) is 13.9 Å². The second-order valence-electron chi connectivity index (χ2n) is 6.47. The van der Waals surface area contributed by atoms with Gasteiger partial charge in [0.15, 0.2) is 0 Å². The monoisotopic (exact) mass is 389 g/mol. The van der Waals surface area contributed by atoms with E-state index < -0.39 is 22.0 Å². The second kappa shape index (κ2) is 8.62. The van der Waals surface area contributed by atoms with E-state index in [0.717, 1.165) is 11.1 Å². The molecule has 0 radical (unpaired) electrons. The smallest absolute Gasteiger partial charge is 0.265 e. The lowest BCUT2D eigenvalue weighted by Crippen LogP contribution is -2.52. The van der Waals surface area contributed by atoms with Crippen molar-refractivity contribution in [2.45, 2.75) is 11.8 Å². The highest BCUT2D eigenvalue weighted by Crippen LogP contribution is 2.24. The Bertz CT molecular complexity index is 851. The van der Waals surface area contributed by atoms with Crippen molar-refractivity contribution in [3.8, 4) is 0 Å². The minimum absolute atomic E-state index is 0.0346. The Kier molecular flexibility index (Phi) is 6.22. The summed E-state index contributed by atoms with van der Waals surface area (Å²) in [6.45, 7) is 1.41. The van der Waals surface area contributed by atoms with E-state index in [2.05, 4.69) is 0 Å². The Balaban J connectivity index is 1.69. The molecular weight excluding hydrogens is 366 g/mol. The van der Waals surface area contributed by atoms with Gasteiger partial charge in [-0.2, -0.15) is 4.31 Å². The molecule has 2 aromatic rings. The van der Waals surface area contributed by atoms with Gasteiger partial charge in [0.25, 0.3) is 5.91 Å². The van der Waals surface area contributed by atoms with Crippen LogP contribution >= 0.6 is 0 Å². The van der Waals surface area contributed by atoms with Crippen molar-refractivity contribution in [1.29, 1.82) is 0 Å². The van der Waals surface area contributed by atoms with Gasteiger partial charge in [-0.15, -0.1) is 0 Å². The Morgan fingerprint density at radius 2 is 1.52 bits per heavy atom. The van der Waals surface area contributed by atoms with Crippen LogP contribution in [0.3, 0.4) is 0 Å². The number of sulfonamides is 1. The first-order valence-electron chi connectivity index (χ1n) is 8.76. The number of carbonyl (C=O) groups excluding carboxylic acids is 1. The summed E-state index contributed by atoms with van der Waals surface area (Å²) < 4.78 is 26.8. The van der Waals surface area contributed by atoms with Gasteiger partial charge in [0.05, 0.1) is 5.75 Å². The van der Waals surface area contributed by atoms with Crippen molar-refractivity contribution in [3.63, 3.8) is 0 Å². The fraction of sp³-hybridized carbons (Fsp3) is 0.316. The van der Waals surface area contributed by atoms with Gasteiger partial charge < -0.3 is 0 Å². The first kappa shape index (κ1) is 19.5. The first-order chi connectivity index (χ1) is 13.0. The lowest BCUT2D eigenvalue weighted by atomic mass is 10.0. The Morgan fingerprint density at radius 3 is 2.07 bits per heavy atom. The molecule has 1 aliphatic rings. The molecule has 0 saturated carbocycles. The van der Waals surface area contributed by atoms with Crippen molar-refractivity contribution < 1.29 is 18.4 Å². The van der Waals surface area contributed by atoms with E-state index in [0.29, 0.717) is 26.2 Å². The van der Waals surface area contributed by atoms with Crippen LogP contribution in [0.25, 0.3) is 0 Å². The fourth-order valence-electron chi connectivity index (χ4n) is 3.34. The minimum Gasteiger partial charge on any atom is -0.289 e. The number of rotatable bonds is 6. The third kappa shape index (κ3) is 4.72. The third-order valence-electron chi connectivity index (χ3n) is 4.70. The highest BCUT2D eigenvalue weighted by molar-refractivity contribution is 7.88. The van der Waals surface area contributed by atoms with Crippen LogP contribution in [-0.2, 0) is 20.6 Å². The zero-order valence-corrected chi connectivity index (χ0v) is 15.7. The molecule has 3 rings (SSSR count). The molecule has 144 valence electrons. The predicted molar refractivity (Wildman–Crippen MR) is 101 cm³/mol. The molecule has 2 N–H and O–H groups in total. The van der Waals surface area contributed by atoms with Gasteiger partial charge in [0.2, 0.25) is 10.0 Å². The molecule has 27 heavy (non-hydrogen) atoms. The molecule has 1 fully saturated rings. The van der Waals surface area contributed by atoms with Gasteiger partial charge in [-0.3, -0.25) is 14.9 Å². The van der Waals surface area contributed by atoms with Gasteiger partial charge >= 0.3 is 0 Å². The van der Waals surface area contributed by atoms with Crippen molar-refractivity contribution in [3.05, 3.63) is 71.8 Å². The van der Waals surface area contributed by atoms with Crippen LogP contribution in [0.5, 0.6) is 0 Å². The maximum atomic E-state index is 12.7. The SMILES string of the molecule is O=C(NO)C(c1ccccc1)N1CCN(S(=O)(=O)Cc2ccccc2)CC1. The molecule has 0 bridgehead atoms. The number of nitrogens with one attached hydrogen (secondary N) is 1. The standard InChI is InChI=1S/C19H23N3O4S/c23-19(20-24)18(17-9-5-2-6-10-17)21-11-13-22(14-12-21)27(25,26)15-16-7-3-1-4-8-16/h1-10,18,24H,11-15H2,(H,20,23). The second-order valence-corrected chi connectivity index (χ2v) is 8.44. The summed E-state index contributed by atoms with van der Waals surface area (Å²) in [6.07, 6.45) is 0. The average Bonchev–Trinajstić information content (AvgIpc) is 2.70. The molecule has 7 nitrogen and oxygen atoms in total. The molecule has 1 saturated heterocycles. The summed E-state index contributed by atoms with van der Waals surface area (Å²) in [4.78, 5) is 14.1. The molecule has 0 aromatic heterocycles. The quantitative estimate of drug-likeness (QED) is 0.576. The topological polar surface area (TPSA) is 89.9 Å². The van der Waals surface area contributed by atoms with Crippen LogP contribution in [0, 0.1) is 0 Å². The summed E-state index contributed by atoms with van der Waals surface area (Å²) in [5, 5.41) is 9.11. The lowest BCUT2D eigenvalue weighted by molar-refractivity contribution is -0.135. The van der Waals surface area contributed by atoms with Crippen molar-refractivity contribution in [2.24, 2.45) is 0 Å². The molecule has 0 spiro atoms. The fourth-order valence-corrected chi connectivity index (χ4v) is 4.86. The largest absolute Gasteiger partial charge is 0.289 e. The summed E-state index contributed by atoms with van der Waals surface area (Å²) >= 11 is 0. The zero-order chi connectivity index (χ0) is 19.3. The van der Waals surface area contributed by atoms with Gasteiger partial charge in [0.1, 0.15) is 6.04 Å². The number of nitrogens with zero attached hydrogens (tertiary/aromatic N) is 2. The molecule has 1 heterocycles. The van der Waals surface area contributed by atoms with Crippen molar-refractivity contribution in [1.82, 2.24) is 14.7 Å². The molecule has 1 atom stereocenters. The number of amides is 1. The summed E-state index contributed by atoms with van der Waals surface area (Å²) in [5.74, 6) is -0.561. The van der Waals surface area contributed by atoms with Gasteiger partial charge in [0, 0.05) is 26.2 Å². The molecular formula is C19H23N3O4S. The van der Waals surface area contributed by atoms with E-state index in [1.165, 1.54) is 4.31 Å². The molecule has 1 unspecified atom stereocenters. The number of carbonyl (C=O) groups is 1. The lowest BCUT2D eigenvalue weighted by Gasteiger charge is -2.37. The van der Waals surface area contributed by atoms with E-state index >= 15 is 0 Å². The average molecular weight is 389 g/mol. The molecule has 1 aliphatic heterocycles. The first-order valence-corrected chi connectivity index (χ1v) is 10.4. The van der Waals surface area contributed by atoms with Gasteiger partial charge in [-0.05, 0) is 11.1 Å². The highest BCUT2D eigenvalue weighted by atomic mass is 32.2. The Morgan fingerprint density at radius 1 is 0.963 bits per heavy atom. The zero-order valence-electron chi connectivity index (χ0n) is 14.9. The van der Waals surface area contributed by atoms with Crippen molar-refractivity contribution in [2.75, 3.05) is 26.2 Å². The number of benzene rings is 2.